The fraction of sp³-hybridized carbons (Fsp3) is 0.649. The highest BCUT2D eigenvalue weighted by atomic mass is 16.6. The van der Waals surface area contributed by atoms with E-state index in [-0.39, 0.29) is 11.6 Å². The van der Waals surface area contributed by atoms with E-state index < -0.39 is 59.1 Å². The van der Waals surface area contributed by atoms with Crippen LogP contribution in [-0.2, 0) is 35.1 Å². The molecule has 10 nitrogen and oxygen atoms in total. The average molecular weight is 652 g/mol. The van der Waals surface area contributed by atoms with E-state index in [2.05, 4.69) is 11.0 Å². The number of rotatable bonds is 8. The van der Waals surface area contributed by atoms with Crippen molar-refractivity contribution in [1.29, 1.82) is 0 Å². The minimum absolute atomic E-state index is 0.0290. The van der Waals surface area contributed by atoms with Gasteiger partial charge in [0.15, 0.2) is 5.60 Å². The summed E-state index contributed by atoms with van der Waals surface area (Å²) in [5, 5.41) is 1.07. The second-order valence-corrected chi connectivity index (χ2v) is 14.1. The number of para-hydroxylation sites is 1. The third kappa shape index (κ3) is 7.54. The lowest BCUT2D eigenvalue weighted by Gasteiger charge is -2.43. The largest absolute Gasteiger partial charge is 0.457 e. The number of benzene rings is 1. The molecule has 258 valence electrons. The number of nitrogens with zero attached hydrogens (tertiary/aromatic N) is 3. The molecule has 47 heavy (non-hydrogen) atoms. The lowest BCUT2D eigenvalue weighted by molar-refractivity contribution is -0.174. The Hall–Kier alpha value is -3.37. The van der Waals surface area contributed by atoms with Gasteiger partial charge >= 0.3 is 12.1 Å². The lowest BCUT2D eigenvalue weighted by Crippen LogP contribution is -2.59. The highest BCUT2D eigenvalue weighted by Crippen LogP contribution is 2.44. The molecular formula is C37H53N3O7. The Bertz CT molecular complexity index is 1460. The quantitative estimate of drug-likeness (QED) is 0.257. The van der Waals surface area contributed by atoms with Gasteiger partial charge < -0.3 is 14.2 Å². The highest BCUT2D eigenvalue weighted by molar-refractivity contribution is 5.99. The van der Waals surface area contributed by atoms with Crippen LogP contribution in [0.2, 0.25) is 0 Å². The van der Waals surface area contributed by atoms with Gasteiger partial charge in [0.1, 0.15) is 23.6 Å². The Kier molecular flexibility index (Phi) is 11.5. The highest BCUT2D eigenvalue weighted by Gasteiger charge is 2.61. The smallest absolute Gasteiger partial charge is 0.410 e. The molecule has 2 aromatic rings. The number of aromatic nitrogens is 1. The predicted octanol–water partition coefficient (Wildman–Crippen LogP) is 5.84. The van der Waals surface area contributed by atoms with E-state index in [1.165, 1.54) is 0 Å². The van der Waals surface area contributed by atoms with Crippen LogP contribution >= 0.6 is 0 Å². The average Bonchev–Trinajstić information content (AvgIpc) is 3.35. The van der Waals surface area contributed by atoms with Crippen LogP contribution in [0.25, 0.3) is 10.9 Å². The van der Waals surface area contributed by atoms with Gasteiger partial charge in [-0.25, -0.2) is 4.79 Å². The van der Waals surface area contributed by atoms with Crippen LogP contribution in [0.15, 0.2) is 36.4 Å². The molecule has 2 fully saturated rings. The van der Waals surface area contributed by atoms with Crippen molar-refractivity contribution in [1.82, 2.24) is 14.8 Å². The molecule has 0 saturated carbocycles. The summed E-state index contributed by atoms with van der Waals surface area (Å²) in [4.78, 5) is 63.5. The first-order valence-electron chi connectivity index (χ1n) is 17.1. The first-order valence-corrected chi connectivity index (χ1v) is 17.1. The summed E-state index contributed by atoms with van der Waals surface area (Å²) >= 11 is 0. The number of carbonyl (C=O) groups excluding carboxylic acids is 4. The minimum atomic E-state index is -1.28. The first kappa shape index (κ1) is 36.5. The Morgan fingerprint density at radius 3 is 2.28 bits per heavy atom. The topological polar surface area (TPSA) is 115 Å². The number of ketones is 2. The third-order valence-corrected chi connectivity index (χ3v) is 10.5. The molecule has 1 aromatic heterocycles. The SMILES string of the molecule is CC[C@H]1OC(=O)[C@H](C)C(=O)[C@H](C)C[C@](C)(OC)C[C@@H](C)C(=O)[C@H](C)[C@H]2N(CCN(C)Cc3ccc4ccccc4n3)C(=O)O[C@]12CC. The number of carbonyl (C=O) groups is 4. The molecular weight excluding hydrogens is 598 g/mol. The van der Waals surface area contributed by atoms with Crippen molar-refractivity contribution in [3.05, 3.63) is 42.1 Å². The second kappa shape index (κ2) is 14.8. The number of cyclic esters (lactones) is 1. The van der Waals surface area contributed by atoms with Gasteiger partial charge in [-0.3, -0.25) is 29.2 Å². The fourth-order valence-corrected chi connectivity index (χ4v) is 7.84. The Balaban J connectivity index is 1.67. The maximum atomic E-state index is 14.3. The zero-order chi connectivity index (χ0) is 34.7. The van der Waals surface area contributed by atoms with Crippen LogP contribution in [0, 0.1) is 23.7 Å². The van der Waals surface area contributed by atoms with Gasteiger partial charge in [-0.15, -0.1) is 0 Å². The molecule has 4 rings (SSSR count). The number of amides is 1. The maximum Gasteiger partial charge on any atom is 0.410 e. The number of likely N-dealkylation sites (N-methyl/N-ethyl adjacent to an activating group) is 1. The monoisotopic (exact) mass is 651 g/mol. The van der Waals surface area contributed by atoms with Crippen molar-refractivity contribution in [3.8, 4) is 0 Å². The number of fused-ring (bicyclic) bond motifs is 2. The van der Waals surface area contributed by atoms with Gasteiger partial charge in [0, 0.05) is 49.9 Å². The molecule has 0 bridgehead atoms. The van der Waals surface area contributed by atoms with Gasteiger partial charge in [0.25, 0.3) is 0 Å². The maximum absolute atomic E-state index is 14.3. The van der Waals surface area contributed by atoms with Crippen molar-refractivity contribution >= 4 is 34.5 Å². The summed E-state index contributed by atoms with van der Waals surface area (Å²) in [7, 11) is 3.55. The number of hydrogen-bond donors (Lipinski definition) is 0. The first-order chi connectivity index (χ1) is 22.2. The molecule has 0 N–H and O–H groups in total. The van der Waals surface area contributed by atoms with Crippen LogP contribution in [-0.4, -0.2) is 89.0 Å². The number of methoxy groups -OCH3 is 1. The van der Waals surface area contributed by atoms with Crippen molar-refractivity contribution in [3.63, 3.8) is 0 Å². The van der Waals surface area contributed by atoms with Gasteiger partial charge in [-0.2, -0.15) is 0 Å². The minimum Gasteiger partial charge on any atom is -0.457 e. The van der Waals surface area contributed by atoms with Crippen LogP contribution < -0.4 is 0 Å². The molecule has 1 amide bonds. The molecule has 10 heteroatoms. The molecule has 0 aliphatic carbocycles. The zero-order valence-electron chi connectivity index (χ0n) is 29.6. The van der Waals surface area contributed by atoms with Crippen LogP contribution in [0.4, 0.5) is 4.79 Å². The Morgan fingerprint density at radius 2 is 1.64 bits per heavy atom. The summed E-state index contributed by atoms with van der Waals surface area (Å²) in [5.74, 6) is -3.46. The molecule has 3 heterocycles. The van der Waals surface area contributed by atoms with Crippen molar-refractivity contribution in [2.75, 3.05) is 27.2 Å². The molecule has 2 aliphatic heterocycles. The summed E-state index contributed by atoms with van der Waals surface area (Å²) < 4.78 is 18.2. The lowest BCUT2D eigenvalue weighted by atomic mass is 9.72. The number of Topliss-reactive ketones (excluding diaryl/α,β-unsaturated/α-hetero) is 2. The van der Waals surface area contributed by atoms with E-state index in [4.69, 9.17) is 19.2 Å². The number of ether oxygens (including phenoxy) is 3. The standard InChI is InChI=1S/C37H53N3O7/c1-10-30-37(11-2)33(25(5)31(41)23(3)20-36(7,45-9)21-24(4)32(42)26(6)34(43)46-30)40(35(44)47-37)19-18-39(8)22-28-17-16-27-14-12-13-15-29(27)38-28/h12-17,23-26,30,33H,10-11,18-22H2,1-9H3/t23-,24-,25+,26-,30-,33-,36-,37-/m1/s1. The van der Waals surface area contributed by atoms with E-state index in [1.54, 1.807) is 25.9 Å². The van der Waals surface area contributed by atoms with Gasteiger partial charge in [0.2, 0.25) is 0 Å². The van der Waals surface area contributed by atoms with Crippen LogP contribution in [0.3, 0.4) is 0 Å². The number of esters is 1. The molecule has 0 unspecified atom stereocenters. The molecule has 2 saturated heterocycles. The normalized spacial score (nSPS) is 32.7. The van der Waals surface area contributed by atoms with Crippen LogP contribution in [0.5, 0.6) is 0 Å². The molecule has 8 atom stereocenters. The van der Waals surface area contributed by atoms with Crippen molar-refractivity contribution < 1.29 is 33.4 Å². The van der Waals surface area contributed by atoms with Gasteiger partial charge in [0.05, 0.1) is 22.9 Å². The summed E-state index contributed by atoms with van der Waals surface area (Å²) in [5.41, 5.74) is -0.221. The number of hydrogen-bond acceptors (Lipinski definition) is 9. The van der Waals surface area contributed by atoms with E-state index in [9.17, 15) is 19.2 Å². The summed E-state index contributed by atoms with van der Waals surface area (Å²) in [6.45, 7) is 14.1. The molecule has 0 spiro atoms. The molecule has 1 aromatic carbocycles. The second-order valence-electron chi connectivity index (χ2n) is 14.1. The Morgan fingerprint density at radius 1 is 0.979 bits per heavy atom. The Labute approximate surface area is 279 Å². The van der Waals surface area contributed by atoms with Crippen molar-refractivity contribution in [2.45, 2.75) is 104 Å². The predicted molar refractivity (Wildman–Crippen MR) is 180 cm³/mol. The van der Waals surface area contributed by atoms with Crippen molar-refractivity contribution in [2.24, 2.45) is 23.7 Å². The summed E-state index contributed by atoms with van der Waals surface area (Å²) in [6, 6.07) is 11.3. The van der Waals surface area contributed by atoms with Gasteiger partial charge in [-0.1, -0.05) is 58.9 Å². The van der Waals surface area contributed by atoms with E-state index in [0.29, 0.717) is 45.3 Å². The summed E-state index contributed by atoms with van der Waals surface area (Å²) in [6.07, 6.45) is 0.0316. The third-order valence-electron chi connectivity index (χ3n) is 10.5. The van der Waals surface area contributed by atoms with E-state index >= 15 is 0 Å². The van der Waals surface area contributed by atoms with E-state index in [0.717, 1.165) is 16.6 Å². The molecule has 2 aliphatic rings. The van der Waals surface area contributed by atoms with Gasteiger partial charge in [-0.05, 0) is 58.7 Å². The van der Waals surface area contributed by atoms with E-state index in [1.807, 2.05) is 72.0 Å². The number of pyridine rings is 1. The van der Waals surface area contributed by atoms with Crippen LogP contribution in [0.1, 0.15) is 79.8 Å². The fourth-order valence-electron chi connectivity index (χ4n) is 7.84. The molecule has 0 radical (unpaired) electrons. The zero-order valence-corrected chi connectivity index (χ0v) is 29.6.